The van der Waals surface area contributed by atoms with Gasteiger partial charge in [-0.05, 0) is 55.3 Å². The number of aromatic nitrogens is 2. The number of nitrogens with zero attached hydrogens (tertiary/aromatic N) is 1. The Labute approximate surface area is 122 Å². The predicted octanol–water partition coefficient (Wildman–Crippen LogP) is 3.82. The number of fused-ring (bicyclic) bond motifs is 1. The molecule has 0 atom stereocenters. The van der Waals surface area contributed by atoms with Gasteiger partial charge in [-0.15, -0.1) is 0 Å². The van der Waals surface area contributed by atoms with Gasteiger partial charge in [0.15, 0.2) is 0 Å². The van der Waals surface area contributed by atoms with E-state index in [0.717, 1.165) is 22.3 Å². The number of carbonyl (C=O) groups is 1. The van der Waals surface area contributed by atoms with Crippen molar-refractivity contribution in [2.75, 3.05) is 10.6 Å². The summed E-state index contributed by atoms with van der Waals surface area (Å²) in [6, 6.07) is 11.1. The first-order chi connectivity index (χ1) is 10.1. The molecule has 2 aromatic carbocycles. The molecule has 0 unspecified atom stereocenters. The number of benzene rings is 2. The number of hydrogen-bond donors (Lipinski definition) is 3. The molecule has 106 valence electrons. The predicted molar refractivity (Wildman–Crippen MR) is 84.7 cm³/mol. The van der Waals surface area contributed by atoms with Crippen LogP contribution in [0.4, 0.5) is 16.2 Å². The first-order valence-electron chi connectivity index (χ1n) is 6.70. The SMILES string of the molecule is Cc1ccc(NC(=O)Nc2ccc3nc[nH]c3c2)cc1C. The standard InChI is InChI=1S/C16H16N4O/c1-10-3-4-12(7-11(10)2)19-16(21)20-13-5-6-14-15(8-13)18-9-17-14/h3-9H,1-2H3,(H,17,18)(H2,19,20,21). The third kappa shape index (κ3) is 2.86. The third-order valence-electron chi connectivity index (χ3n) is 3.44. The van der Waals surface area contributed by atoms with E-state index < -0.39 is 0 Å². The topological polar surface area (TPSA) is 69.8 Å². The van der Waals surface area contributed by atoms with Gasteiger partial charge in [0.1, 0.15) is 0 Å². The molecule has 3 rings (SSSR count). The maximum Gasteiger partial charge on any atom is 0.323 e. The highest BCUT2D eigenvalue weighted by atomic mass is 16.2. The van der Waals surface area contributed by atoms with Crippen LogP contribution in [0.15, 0.2) is 42.7 Å². The Balaban J connectivity index is 1.71. The number of carbonyl (C=O) groups excluding carboxylic acids is 1. The maximum atomic E-state index is 12.0. The van der Waals surface area contributed by atoms with Gasteiger partial charge in [0.05, 0.1) is 17.4 Å². The lowest BCUT2D eigenvalue weighted by Gasteiger charge is -2.09. The van der Waals surface area contributed by atoms with Crippen LogP contribution in [-0.2, 0) is 0 Å². The highest BCUT2D eigenvalue weighted by Gasteiger charge is 2.05. The van der Waals surface area contributed by atoms with Crippen LogP contribution in [0.3, 0.4) is 0 Å². The lowest BCUT2D eigenvalue weighted by molar-refractivity contribution is 0.262. The van der Waals surface area contributed by atoms with Crippen LogP contribution in [0.25, 0.3) is 11.0 Å². The fourth-order valence-electron chi connectivity index (χ4n) is 2.13. The first kappa shape index (κ1) is 13.2. The summed E-state index contributed by atoms with van der Waals surface area (Å²) < 4.78 is 0. The number of urea groups is 1. The van der Waals surface area contributed by atoms with E-state index in [-0.39, 0.29) is 6.03 Å². The Hall–Kier alpha value is -2.82. The molecule has 0 saturated heterocycles. The lowest BCUT2D eigenvalue weighted by atomic mass is 10.1. The van der Waals surface area contributed by atoms with Crippen molar-refractivity contribution in [2.24, 2.45) is 0 Å². The average Bonchev–Trinajstić information content (AvgIpc) is 2.90. The molecule has 3 N–H and O–H groups in total. The molecule has 0 saturated carbocycles. The summed E-state index contributed by atoms with van der Waals surface area (Å²) in [5.74, 6) is 0. The van der Waals surface area contributed by atoms with E-state index in [1.165, 1.54) is 5.56 Å². The molecule has 3 aromatic rings. The first-order valence-corrected chi connectivity index (χ1v) is 6.70. The zero-order valence-electron chi connectivity index (χ0n) is 11.9. The number of anilines is 2. The van der Waals surface area contributed by atoms with E-state index in [9.17, 15) is 4.79 Å². The molecule has 1 heterocycles. The maximum absolute atomic E-state index is 12.0. The summed E-state index contributed by atoms with van der Waals surface area (Å²) in [6.07, 6.45) is 1.63. The second-order valence-corrected chi connectivity index (χ2v) is 5.01. The number of aryl methyl sites for hydroxylation is 2. The highest BCUT2D eigenvalue weighted by molar-refractivity contribution is 6.00. The Kier molecular flexibility index (Phi) is 3.31. The summed E-state index contributed by atoms with van der Waals surface area (Å²) in [6.45, 7) is 4.06. The Morgan fingerprint density at radius 3 is 2.48 bits per heavy atom. The molecule has 5 heteroatoms. The molecule has 0 bridgehead atoms. The number of aromatic amines is 1. The molecule has 0 aliphatic rings. The van der Waals surface area contributed by atoms with Crippen LogP contribution in [0.2, 0.25) is 0 Å². The van der Waals surface area contributed by atoms with Crippen LogP contribution in [-0.4, -0.2) is 16.0 Å². The number of amides is 2. The van der Waals surface area contributed by atoms with Gasteiger partial charge in [0, 0.05) is 11.4 Å². The molecule has 2 amide bonds. The van der Waals surface area contributed by atoms with Crippen LogP contribution < -0.4 is 10.6 Å². The van der Waals surface area contributed by atoms with Gasteiger partial charge in [0.25, 0.3) is 0 Å². The minimum atomic E-state index is -0.267. The highest BCUT2D eigenvalue weighted by Crippen LogP contribution is 2.17. The van der Waals surface area contributed by atoms with Gasteiger partial charge in [-0.25, -0.2) is 9.78 Å². The molecule has 1 aromatic heterocycles. The van der Waals surface area contributed by atoms with E-state index in [0.29, 0.717) is 5.69 Å². The zero-order valence-corrected chi connectivity index (χ0v) is 11.9. The van der Waals surface area contributed by atoms with Crippen molar-refractivity contribution >= 4 is 28.4 Å². The normalized spacial score (nSPS) is 10.6. The van der Waals surface area contributed by atoms with E-state index in [2.05, 4.69) is 20.6 Å². The van der Waals surface area contributed by atoms with Gasteiger partial charge < -0.3 is 15.6 Å². The van der Waals surface area contributed by atoms with Crippen LogP contribution in [0.1, 0.15) is 11.1 Å². The van der Waals surface area contributed by atoms with Crippen LogP contribution in [0, 0.1) is 13.8 Å². The number of H-pyrrole nitrogens is 1. The Morgan fingerprint density at radius 2 is 1.71 bits per heavy atom. The van der Waals surface area contributed by atoms with Gasteiger partial charge >= 0.3 is 6.03 Å². The molecule has 0 radical (unpaired) electrons. The molecule has 0 fully saturated rings. The monoisotopic (exact) mass is 280 g/mol. The molecule has 21 heavy (non-hydrogen) atoms. The Morgan fingerprint density at radius 1 is 1.00 bits per heavy atom. The quantitative estimate of drug-likeness (QED) is 0.667. The van der Waals surface area contributed by atoms with Crippen molar-refractivity contribution in [1.29, 1.82) is 0 Å². The number of imidazole rings is 1. The van der Waals surface area contributed by atoms with Crippen molar-refractivity contribution in [2.45, 2.75) is 13.8 Å². The van der Waals surface area contributed by atoms with Crippen LogP contribution >= 0.6 is 0 Å². The zero-order chi connectivity index (χ0) is 14.8. The lowest BCUT2D eigenvalue weighted by Crippen LogP contribution is -2.19. The summed E-state index contributed by atoms with van der Waals surface area (Å²) in [7, 11) is 0. The minimum Gasteiger partial charge on any atom is -0.345 e. The summed E-state index contributed by atoms with van der Waals surface area (Å²) in [5.41, 5.74) is 5.60. The minimum absolute atomic E-state index is 0.267. The fourth-order valence-corrected chi connectivity index (χ4v) is 2.13. The summed E-state index contributed by atoms with van der Waals surface area (Å²) in [4.78, 5) is 19.2. The van der Waals surface area contributed by atoms with Gasteiger partial charge in [-0.3, -0.25) is 0 Å². The molecular weight excluding hydrogens is 264 g/mol. The Bertz CT molecular complexity index is 807. The molecule has 0 aliphatic carbocycles. The molecule has 0 aliphatic heterocycles. The van der Waals surface area contributed by atoms with E-state index in [1.807, 2.05) is 50.2 Å². The summed E-state index contributed by atoms with van der Waals surface area (Å²) in [5, 5.41) is 5.63. The van der Waals surface area contributed by atoms with Gasteiger partial charge in [-0.2, -0.15) is 0 Å². The van der Waals surface area contributed by atoms with Crippen molar-refractivity contribution in [3.8, 4) is 0 Å². The third-order valence-corrected chi connectivity index (χ3v) is 3.44. The molecule has 0 spiro atoms. The van der Waals surface area contributed by atoms with E-state index in [4.69, 9.17) is 0 Å². The van der Waals surface area contributed by atoms with Gasteiger partial charge in [-0.1, -0.05) is 6.07 Å². The molecule has 5 nitrogen and oxygen atoms in total. The van der Waals surface area contributed by atoms with Crippen molar-refractivity contribution in [3.05, 3.63) is 53.9 Å². The molecular formula is C16H16N4O. The van der Waals surface area contributed by atoms with Crippen molar-refractivity contribution < 1.29 is 4.79 Å². The number of rotatable bonds is 2. The smallest absolute Gasteiger partial charge is 0.323 e. The van der Waals surface area contributed by atoms with Crippen molar-refractivity contribution in [3.63, 3.8) is 0 Å². The van der Waals surface area contributed by atoms with E-state index in [1.54, 1.807) is 6.33 Å². The second kappa shape index (κ2) is 5.28. The van der Waals surface area contributed by atoms with Crippen LogP contribution in [0.5, 0.6) is 0 Å². The second-order valence-electron chi connectivity index (χ2n) is 5.01. The fraction of sp³-hybridized carbons (Fsp3) is 0.125. The summed E-state index contributed by atoms with van der Waals surface area (Å²) >= 11 is 0. The number of nitrogens with one attached hydrogen (secondary N) is 3. The van der Waals surface area contributed by atoms with E-state index >= 15 is 0 Å². The number of hydrogen-bond acceptors (Lipinski definition) is 2. The van der Waals surface area contributed by atoms with Gasteiger partial charge in [0.2, 0.25) is 0 Å². The largest absolute Gasteiger partial charge is 0.345 e. The average molecular weight is 280 g/mol. The van der Waals surface area contributed by atoms with Crippen molar-refractivity contribution in [1.82, 2.24) is 9.97 Å².